The molecule has 1 aromatic heterocycles. The first-order chi connectivity index (χ1) is 9.13. The molecule has 0 saturated heterocycles. The summed E-state index contributed by atoms with van der Waals surface area (Å²) in [6, 6.07) is 0.666. The van der Waals surface area contributed by atoms with Crippen LogP contribution in [-0.2, 0) is 6.54 Å². The van der Waals surface area contributed by atoms with Crippen LogP contribution in [0.25, 0.3) is 0 Å². The lowest BCUT2D eigenvalue weighted by Gasteiger charge is -2.26. The Hall–Kier alpha value is -0.610. The predicted molar refractivity (Wildman–Crippen MR) is 84.0 cm³/mol. The zero-order valence-electron chi connectivity index (χ0n) is 12.5. The Morgan fingerprint density at radius 3 is 2.37 bits per heavy atom. The van der Waals surface area contributed by atoms with Crippen molar-refractivity contribution in [1.29, 1.82) is 0 Å². The molecule has 0 unspecified atom stereocenters. The molecule has 1 fully saturated rings. The van der Waals surface area contributed by atoms with Gasteiger partial charge in [0.1, 0.15) is 0 Å². The molecule has 0 amide bonds. The van der Waals surface area contributed by atoms with Gasteiger partial charge in [-0.05, 0) is 18.8 Å². The molecule has 19 heavy (non-hydrogen) atoms. The van der Waals surface area contributed by atoms with E-state index in [0.29, 0.717) is 18.5 Å². The van der Waals surface area contributed by atoms with Crippen molar-refractivity contribution in [3.05, 3.63) is 10.6 Å². The van der Waals surface area contributed by atoms with Gasteiger partial charge in [0.25, 0.3) is 0 Å². The van der Waals surface area contributed by atoms with Crippen LogP contribution >= 0.6 is 11.3 Å². The Bertz CT molecular complexity index is 392. The first-order valence-electron chi connectivity index (χ1n) is 7.56. The minimum absolute atomic E-state index is 0.464. The summed E-state index contributed by atoms with van der Waals surface area (Å²) in [6.07, 6.45) is 8.14. The number of aromatic nitrogens is 1. The first-order valence-corrected chi connectivity index (χ1v) is 8.37. The van der Waals surface area contributed by atoms with E-state index < -0.39 is 0 Å². The van der Waals surface area contributed by atoms with Crippen LogP contribution in [0.15, 0.2) is 0 Å². The number of nitrogens with zero attached hydrogens (tertiary/aromatic N) is 2. The molecule has 2 N–H and O–H groups in total. The summed E-state index contributed by atoms with van der Waals surface area (Å²) >= 11 is 1.79. The second-order valence-electron chi connectivity index (χ2n) is 5.92. The third-order valence-electron chi connectivity index (χ3n) is 4.12. The fourth-order valence-corrected chi connectivity index (χ4v) is 4.03. The SMILES string of the molecule is CC(C)c1nc(N(C)C2CCCCCC2)sc1CN. The number of anilines is 1. The minimum Gasteiger partial charge on any atom is -0.348 e. The van der Waals surface area contributed by atoms with Crippen LogP contribution in [0.5, 0.6) is 0 Å². The molecule has 0 bridgehead atoms. The molecule has 0 aromatic carbocycles. The largest absolute Gasteiger partial charge is 0.348 e. The lowest BCUT2D eigenvalue weighted by atomic mass is 10.1. The molecule has 3 nitrogen and oxygen atoms in total. The van der Waals surface area contributed by atoms with Crippen LogP contribution < -0.4 is 10.6 Å². The van der Waals surface area contributed by atoms with Crippen LogP contribution in [-0.4, -0.2) is 18.1 Å². The van der Waals surface area contributed by atoms with E-state index in [2.05, 4.69) is 25.8 Å². The first kappa shape index (κ1) is 14.8. The maximum Gasteiger partial charge on any atom is 0.185 e. The fourth-order valence-electron chi connectivity index (χ4n) is 2.90. The van der Waals surface area contributed by atoms with Crippen LogP contribution in [0.4, 0.5) is 5.13 Å². The molecule has 0 aliphatic heterocycles. The molecule has 1 aliphatic carbocycles. The minimum atomic E-state index is 0.464. The number of rotatable bonds is 4. The molecule has 0 radical (unpaired) electrons. The number of hydrogen-bond donors (Lipinski definition) is 1. The van der Waals surface area contributed by atoms with Gasteiger partial charge in [-0.1, -0.05) is 39.5 Å². The van der Waals surface area contributed by atoms with E-state index in [1.807, 2.05) is 0 Å². The van der Waals surface area contributed by atoms with E-state index in [1.54, 1.807) is 11.3 Å². The van der Waals surface area contributed by atoms with E-state index in [4.69, 9.17) is 10.7 Å². The van der Waals surface area contributed by atoms with Gasteiger partial charge in [0.2, 0.25) is 0 Å². The molecule has 0 spiro atoms. The average Bonchev–Trinajstić information content (AvgIpc) is 2.65. The van der Waals surface area contributed by atoms with Gasteiger partial charge in [0.15, 0.2) is 5.13 Å². The molecule has 1 saturated carbocycles. The quantitative estimate of drug-likeness (QED) is 0.852. The lowest BCUT2D eigenvalue weighted by molar-refractivity contribution is 0.551. The summed E-state index contributed by atoms with van der Waals surface area (Å²) in [5.74, 6) is 0.464. The van der Waals surface area contributed by atoms with Gasteiger partial charge in [0, 0.05) is 24.5 Å². The summed E-state index contributed by atoms with van der Waals surface area (Å²) < 4.78 is 0. The Kier molecular flexibility index (Phi) is 5.22. The molecular weight excluding hydrogens is 254 g/mol. The summed E-state index contributed by atoms with van der Waals surface area (Å²) in [5.41, 5.74) is 7.05. The Labute approximate surface area is 121 Å². The highest BCUT2D eigenvalue weighted by Gasteiger charge is 2.22. The average molecular weight is 281 g/mol. The zero-order valence-corrected chi connectivity index (χ0v) is 13.3. The standard InChI is InChI=1S/C15H27N3S/c1-11(2)14-13(10-16)19-15(17-14)18(3)12-8-6-4-5-7-9-12/h11-12H,4-10,16H2,1-3H3. The van der Waals surface area contributed by atoms with Gasteiger partial charge in [-0.2, -0.15) is 0 Å². The predicted octanol–water partition coefficient (Wildman–Crippen LogP) is 3.88. The second kappa shape index (κ2) is 6.71. The third-order valence-corrected chi connectivity index (χ3v) is 5.31. The van der Waals surface area contributed by atoms with Gasteiger partial charge >= 0.3 is 0 Å². The number of hydrogen-bond acceptors (Lipinski definition) is 4. The fraction of sp³-hybridized carbons (Fsp3) is 0.800. The molecule has 1 aromatic rings. The topological polar surface area (TPSA) is 42.2 Å². The van der Waals surface area contributed by atoms with Crippen LogP contribution in [0.1, 0.15) is 68.9 Å². The van der Waals surface area contributed by atoms with E-state index in [0.717, 1.165) is 5.13 Å². The maximum atomic E-state index is 5.86. The van der Waals surface area contributed by atoms with E-state index in [1.165, 1.54) is 49.1 Å². The van der Waals surface area contributed by atoms with Gasteiger partial charge < -0.3 is 10.6 Å². The normalized spacial score (nSPS) is 17.7. The van der Waals surface area contributed by atoms with Crippen molar-refractivity contribution < 1.29 is 0 Å². The Morgan fingerprint density at radius 1 is 1.26 bits per heavy atom. The van der Waals surface area contributed by atoms with Crippen LogP contribution in [0.3, 0.4) is 0 Å². The Balaban J connectivity index is 2.15. The van der Waals surface area contributed by atoms with E-state index in [-0.39, 0.29) is 0 Å². The van der Waals surface area contributed by atoms with Crippen molar-refractivity contribution >= 4 is 16.5 Å². The van der Waals surface area contributed by atoms with Gasteiger partial charge in [-0.25, -0.2) is 4.98 Å². The van der Waals surface area contributed by atoms with Crippen molar-refractivity contribution in [3.8, 4) is 0 Å². The maximum absolute atomic E-state index is 5.86. The van der Waals surface area contributed by atoms with Crippen molar-refractivity contribution in [2.45, 2.75) is 70.9 Å². The second-order valence-corrected chi connectivity index (χ2v) is 6.98. The van der Waals surface area contributed by atoms with Gasteiger partial charge in [-0.15, -0.1) is 11.3 Å². The molecular formula is C15H27N3S. The lowest BCUT2D eigenvalue weighted by Crippen LogP contribution is -2.30. The van der Waals surface area contributed by atoms with Crippen LogP contribution in [0.2, 0.25) is 0 Å². The van der Waals surface area contributed by atoms with Crippen LogP contribution in [0, 0.1) is 0 Å². The van der Waals surface area contributed by atoms with Crippen molar-refractivity contribution in [2.24, 2.45) is 5.73 Å². The highest BCUT2D eigenvalue weighted by atomic mass is 32.1. The zero-order chi connectivity index (χ0) is 13.8. The highest BCUT2D eigenvalue weighted by molar-refractivity contribution is 7.15. The van der Waals surface area contributed by atoms with Crippen molar-refractivity contribution in [1.82, 2.24) is 4.98 Å². The molecule has 108 valence electrons. The number of nitrogens with two attached hydrogens (primary N) is 1. The molecule has 1 heterocycles. The third kappa shape index (κ3) is 3.48. The molecule has 2 rings (SSSR count). The molecule has 4 heteroatoms. The highest BCUT2D eigenvalue weighted by Crippen LogP contribution is 2.33. The smallest absolute Gasteiger partial charge is 0.185 e. The Morgan fingerprint density at radius 2 is 1.89 bits per heavy atom. The number of thiazole rings is 1. The van der Waals surface area contributed by atoms with Crippen molar-refractivity contribution in [2.75, 3.05) is 11.9 Å². The molecule has 0 atom stereocenters. The van der Waals surface area contributed by atoms with E-state index >= 15 is 0 Å². The summed E-state index contributed by atoms with van der Waals surface area (Å²) in [7, 11) is 2.21. The summed E-state index contributed by atoms with van der Waals surface area (Å²) in [6.45, 7) is 5.01. The van der Waals surface area contributed by atoms with Crippen molar-refractivity contribution in [3.63, 3.8) is 0 Å². The molecule has 1 aliphatic rings. The van der Waals surface area contributed by atoms with Gasteiger partial charge in [0.05, 0.1) is 5.69 Å². The van der Waals surface area contributed by atoms with E-state index in [9.17, 15) is 0 Å². The monoisotopic (exact) mass is 281 g/mol. The summed E-state index contributed by atoms with van der Waals surface area (Å²) in [5, 5.41) is 1.16. The van der Waals surface area contributed by atoms with Gasteiger partial charge in [-0.3, -0.25) is 0 Å². The summed E-state index contributed by atoms with van der Waals surface area (Å²) in [4.78, 5) is 8.51.